The predicted molar refractivity (Wildman–Crippen MR) is 84.0 cm³/mol. The van der Waals surface area contributed by atoms with Crippen LogP contribution in [0.2, 0.25) is 0 Å². The maximum atomic E-state index is 10.1. The van der Waals surface area contributed by atoms with Crippen LogP contribution in [0.4, 0.5) is 0 Å². The van der Waals surface area contributed by atoms with Crippen LogP contribution in [0.5, 0.6) is 0 Å². The Morgan fingerprint density at radius 3 is 2.65 bits per heavy atom. The summed E-state index contributed by atoms with van der Waals surface area (Å²) in [5.41, 5.74) is 1.50. The zero-order valence-corrected chi connectivity index (χ0v) is 13.0. The molecule has 0 aromatic heterocycles. The van der Waals surface area contributed by atoms with Crippen molar-refractivity contribution in [3.05, 3.63) is 35.9 Å². The molecule has 1 aliphatic heterocycles. The Kier molecular flexibility index (Phi) is 5.19. The Hall–Kier alpha value is -0.900. The third-order valence-electron chi connectivity index (χ3n) is 3.88. The summed E-state index contributed by atoms with van der Waals surface area (Å²) in [6.07, 6.45) is 0.910. The van der Waals surface area contributed by atoms with Gasteiger partial charge in [0.25, 0.3) is 0 Å². The van der Waals surface area contributed by atoms with Gasteiger partial charge in [-0.3, -0.25) is 0 Å². The molecule has 1 aliphatic rings. The first-order chi connectivity index (χ1) is 9.44. The Morgan fingerprint density at radius 2 is 2.00 bits per heavy atom. The maximum absolute atomic E-state index is 10.1. The fourth-order valence-corrected chi connectivity index (χ4v) is 2.78. The largest absolute Gasteiger partial charge is 0.390 e. The monoisotopic (exact) mass is 276 g/mol. The molecule has 1 heterocycles. The van der Waals surface area contributed by atoms with Gasteiger partial charge in [-0.1, -0.05) is 30.3 Å². The minimum absolute atomic E-state index is 0.0680. The van der Waals surface area contributed by atoms with Crippen molar-refractivity contribution in [1.29, 1.82) is 0 Å². The van der Waals surface area contributed by atoms with Crippen molar-refractivity contribution in [2.45, 2.75) is 44.8 Å². The maximum Gasteiger partial charge on any atom is 0.0791 e. The number of nitrogens with zero attached hydrogens (tertiary/aromatic N) is 1. The van der Waals surface area contributed by atoms with E-state index in [1.54, 1.807) is 0 Å². The quantitative estimate of drug-likeness (QED) is 0.865. The van der Waals surface area contributed by atoms with Crippen LogP contribution in [0.15, 0.2) is 30.3 Å². The van der Waals surface area contributed by atoms with E-state index in [4.69, 9.17) is 0 Å². The minimum atomic E-state index is -0.288. The number of likely N-dealkylation sites (tertiary alicyclic amines) is 1. The molecule has 2 N–H and O–H groups in total. The molecule has 2 rings (SSSR count). The fraction of sp³-hybridized carbons (Fsp3) is 0.647. The van der Waals surface area contributed by atoms with Gasteiger partial charge in [0.1, 0.15) is 0 Å². The zero-order valence-electron chi connectivity index (χ0n) is 13.0. The van der Waals surface area contributed by atoms with E-state index in [9.17, 15) is 5.11 Å². The Balaban J connectivity index is 1.76. The molecule has 1 aromatic carbocycles. The van der Waals surface area contributed by atoms with E-state index < -0.39 is 0 Å². The second-order valence-corrected chi connectivity index (χ2v) is 6.94. The first kappa shape index (κ1) is 15.5. The summed E-state index contributed by atoms with van der Waals surface area (Å²) in [4.78, 5) is 2.38. The van der Waals surface area contributed by atoms with E-state index in [-0.39, 0.29) is 11.6 Å². The smallest absolute Gasteiger partial charge is 0.0791 e. The van der Waals surface area contributed by atoms with Gasteiger partial charge < -0.3 is 15.3 Å². The van der Waals surface area contributed by atoms with Crippen molar-refractivity contribution in [2.24, 2.45) is 0 Å². The second-order valence-electron chi connectivity index (χ2n) is 6.94. The van der Waals surface area contributed by atoms with Crippen molar-refractivity contribution < 1.29 is 5.11 Å². The molecule has 3 heteroatoms. The van der Waals surface area contributed by atoms with Crippen molar-refractivity contribution in [1.82, 2.24) is 10.2 Å². The van der Waals surface area contributed by atoms with Crippen molar-refractivity contribution in [3.63, 3.8) is 0 Å². The van der Waals surface area contributed by atoms with E-state index in [0.29, 0.717) is 12.5 Å². The van der Waals surface area contributed by atoms with Crippen LogP contribution >= 0.6 is 0 Å². The highest BCUT2D eigenvalue weighted by atomic mass is 16.3. The Bertz CT molecular complexity index is 399. The number of benzene rings is 1. The highest BCUT2D eigenvalue weighted by Crippen LogP contribution is 2.26. The number of rotatable bonds is 5. The third kappa shape index (κ3) is 4.89. The molecule has 2 unspecified atom stereocenters. The number of aliphatic hydroxyl groups excluding tert-OH is 1. The van der Waals surface area contributed by atoms with Crippen LogP contribution in [0, 0.1) is 0 Å². The standard InChI is InChI=1S/C17H28N2O/c1-17(2,3)18-11-16(20)13-19-10-9-15(12-19)14-7-5-4-6-8-14/h4-8,15-16,18,20H,9-13H2,1-3H3. The molecule has 0 amide bonds. The topological polar surface area (TPSA) is 35.5 Å². The molecule has 1 fully saturated rings. The van der Waals surface area contributed by atoms with E-state index >= 15 is 0 Å². The first-order valence-corrected chi connectivity index (χ1v) is 7.64. The molecule has 0 saturated carbocycles. The van der Waals surface area contributed by atoms with Crippen LogP contribution in [0.1, 0.15) is 38.7 Å². The average molecular weight is 276 g/mol. The van der Waals surface area contributed by atoms with Crippen LogP contribution < -0.4 is 5.32 Å². The van der Waals surface area contributed by atoms with Crippen LogP contribution in [-0.4, -0.2) is 47.8 Å². The van der Waals surface area contributed by atoms with E-state index in [0.717, 1.165) is 19.6 Å². The van der Waals surface area contributed by atoms with Crippen LogP contribution in [0.3, 0.4) is 0 Å². The van der Waals surface area contributed by atoms with Crippen molar-refractivity contribution in [3.8, 4) is 0 Å². The van der Waals surface area contributed by atoms with Crippen LogP contribution in [0.25, 0.3) is 0 Å². The fourth-order valence-electron chi connectivity index (χ4n) is 2.78. The van der Waals surface area contributed by atoms with Gasteiger partial charge in [-0.25, -0.2) is 0 Å². The lowest BCUT2D eigenvalue weighted by molar-refractivity contribution is 0.116. The summed E-state index contributed by atoms with van der Waals surface area (Å²) >= 11 is 0. The molecule has 112 valence electrons. The molecule has 0 bridgehead atoms. The first-order valence-electron chi connectivity index (χ1n) is 7.64. The molecule has 0 spiro atoms. The summed E-state index contributed by atoms with van der Waals surface area (Å²) in [6, 6.07) is 10.7. The Labute approximate surface area is 123 Å². The summed E-state index contributed by atoms with van der Waals surface area (Å²) in [7, 11) is 0. The lowest BCUT2D eigenvalue weighted by Gasteiger charge is -2.25. The van der Waals surface area contributed by atoms with Gasteiger partial charge in [-0.15, -0.1) is 0 Å². The second kappa shape index (κ2) is 6.70. The van der Waals surface area contributed by atoms with E-state index in [2.05, 4.69) is 61.3 Å². The summed E-state index contributed by atoms with van der Waals surface area (Å²) in [6.45, 7) is 9.97. The molecule has 1 saturated heterocycles. The molecule has 3 nitrogen and oxygen atoms in total. The van der Waals surface area contributed by atoms with Gasteiger partial charge >= 0.3 is 0 Å². The van der Waals surface area contributed by atoms with E-state index in [1.807, 2.05) is 0 Å². The number of hydrogen-bond donors (Lipinski definition) is 2. The number of aliphatic hydroxyl groups is 1. The SMILES string of the molecule is CC(C)(C)NCC(O)CN1CCC(c2ccccc2)C1. The molecular formula is C17H28N2O. The van der Waals surface area contributed by atoms with Gasteiger partial charge in [0.05, 0.1) is 6.10 Å². The van der Waals surface area contributed by atoms with Crippen LogP contribution in [-0.2, 0) is 0 Å². The number of hydrogen-bond acceptors (Lipinski definition) is 3. The van der Waals surface area contributed by atoms with Gasteiger partial charge in [0.15, 0.2) is 0 Å². The third-order valence-corrected chi connectivity index (χ3v) is 3.88. The molecule has 0 radical (unpaired) electrons. The highest BCUT2D eigenvalue weighted by molar-refractivity contribution is 5.21. The van der Waals surface area contributed by atoms with Crippen molar-refractivity contribution >= 4 is 0 Å². The predicted octanol–water partition coefficient (Wildman–Crippen LogP) is 2.22. The van der Waals surface area contributed by atoms with Gasteiger partial charge in [-0.05, 0) is 45.2 Å². The number of nitrogens with one attached hydrogen (secondary N) is 1. The molecule has 1 aromatic rings. The zero-order chi connectivity index (χ0) is 14.6. The molecule has 2 atom stereocenters. The lowest BCUT2D eigenvalue weighted by Crippen LogP contribution is -2.44. The normalized spacial score (nSPS) is 22.1. The minimum Gasteiger partial charge on any atom is -0.390 e. The van der Waals surface area contributed by atoms with Gasteiger partial charge in [0, 0.05) is 25.2 Å². The van der Waals surface area contributed by atoms with Gasteiger partial charge in [-0.2, -0.15) is 0 Å². The summed E-state index contributed by atoms with van der Waals surface area (Å²) in [5.74, 6) is 0.624. The molecule has 0 aliphatic carbocycles. The highest BCUT2D eigenvalue weighted by Gasteiger charge is 2.25. The number of β-amino-alcohol motifs (C(OH)–C–C–N with tert-alkyl or cyclic N) is 1. The van der Waals surface area contributed by atoms with E-state index in [1.165, 1.54) is 12.0 Å². The summed E-state index contributed by atoms with van der Waals surface area (Å²) in [5, 5.41) is 13.5. The van der Waals surface area contributed by atoms with Gasteiger partial charge in [0.2, 0.25) is 0 Å². The average Bonchev–Trinajstić information content (AvgIpc) is 2.85. The lowest BCUT2D eigenvalue weighted by atomic mass is 9.99. The summed E-state index contributed by atoms with van der Waals surface area (Å²) < 4.78 is 0. The van der Waals surface area contributed by atoms with Crippen molar-refractivity contribution in [2.75, 3.05) is 26.2 Å². The molecule has 20 heavy (non-hydrogen) atoms. The Morgan fingerprint density at radius 1 is 1.30 bits per heavy atom. The molecular weight excluding hydrogens is 248 g/mol.